The maximum atomic E-state index is 12.0. The standard InChI is InChI=1S/C18H29N3O2/c1-14(2)19-17(22)12-21(4)13-18(23)20-15(3)10-11-16-8-6-5-7-9-16/h5-9,14-15H,10-13H2,1-4H3,(H,19,22)(H,20,23)/p+1/t15-/m0/s1. The number of likely N-dealkylation sites (N-methyl/N-ethyl adjacent to an activating group) is 1. The Morgan fingerprint density at radius 2 is 1.57 bits per heavy atom. The molecular formula is C18H30N3O2+. The van der Waals surface area contributed by atoms with Crippen LogP contribution in [0.2, 0.25) is 0 Å². The first-order valence-electron chi connectivity index (χ1n) is 8.30. The van der Waals surface area contributed by atoms with Gasteiger partial charge in [0.1, 0.15) is 0 Å². The lowest BCUT2D eigenvalue weighted by atomic mass is 10.1. The summed E-state index contributed by atoms with van der Waals surface area (Å²) in [5.41, 5.74) is 1.28. The van der Waals surface area contributed by atoms with Crippen molar-refractivity contribution in [3.63, 3.8) is 0 Å². The first-order chi connectivity index (χ1) is 10.9. The fourth-order valence-electron chi connectivity index (χ4n) is 2.41. The third-order valence-electron chi connectivity index (χ3n) is 3.49. The van der Waals surface area contributed by atoms with E-state index in [1.807, 2.05) is 46.0 Å². The number of rotatable bonds is 9. The van der Waals surface area contributed by atoms with Gasteiger partial charge >= 0.3 is 0 Å². The molecule has 0 aliphatic carbocycles. The van der Waals surface area contributed by atoms with Gasteiger partial charge in [-0.2, -0.15) is 0 Å². The third-order valence-corrected chi connectivity index (χ3v) is 3.49. The van der Waals surface area contributed by atoms with Crippen molar-refractivity contribution in [1.82, 2.24) is 10.6 Å². The number of carbonyl (C=O) groups excluding carboxylic acids is 2. The SMILES string of the molecule is CC(C)NC(=O)C[NH+](C)CC(=O)N[C@@H](C)CCc1ccccc1. The van der Waals surface area contributed by atoms with Gasteiger partial charge in [0, 0.05) is 12.1 Å². The molecule has 0 aromatic heterocycles. The summed E-state index contributed by atoms with van der Waals surface area (Å²) in [6.07, 6.45) is 1.85. The Morgan fingerprint density at radius 3 is 2.13 bits per heavy atom. The van der Waals surface area contributed by atoms with Crippen LogP contribution in [0.4, 0.5) is 0 Å². The van der Waals surface area contributed by atoms with Crippen LogP contribution >= 0.6 is 0 Å². The highest BCUT2D eigenvalue weighted by atomic mass is 16.2. The predicted octanol–water partition coefficient (Wildman–Crippen LogP) is 0.163. The molecule has 0 aliphatic rings. The molecule has 0 heterocycles. The predicted molar refractivity (Wildman–Crippen MR) is 92.3 cm³/mol. The van der Waals surface area contributed by atoms with Gasteiger partial charge in [0.05, 0.1) is 7.05 Å². The second-order valence-corrected chi connectivity index (χ2v) is 6.53. The molecule has 0 spiro atoms. The first kappa shape index (κ1) is 19.2. The minimum atomic E-state index is -0.0255. The molecule has 0 fully saturated rings. The van der Waals surface area contributed by atoms with Crippen LogP contribution in [-0.2, 0) is 16.0 Å². The topological polar surface area (TPSA) is 62.6 Å². The summed E-state index contributed by atoms with van der Waals surface area (Å²) in [6.45, 7) is 6.48. The van der Waals surface area contributed by atoms with E-state index in [4.69, 9.17) is 0 Å². The molecule has 1 rings (SSSR count). The number of nitrogens with one attached hydrogen (secondary N) is 3. The summed E-state index contributed by atoms with van der Waals surface area (Å²) in [6, 6.07) is 10.5. The number of carbonyl (C=O) groups is 2. The van der Waals surface area contributed by atoms with Crippen LogP contribution < -0.4 is 15.5 Å². The fourth-order valence-corrected chi connectivity index (χ4v) is 2.41. The zero-order valence-corrected chi connectivity index (χ0v) is 14.7. The quantitative estimate of drug-likeness (QED) is 0.607. The van der Waals surface area contributed by atoms with Gasteiger partial charge in [-0.15, -0.1) is 0 Å². The molecule has 5 nitrogen and oxygen atoms in total. The van der Waals surface area contributed by atoms with Gasteiger partial charge in [-0.25, -0.2) is 0 Å². The van der Waals surface area contributed by atoms with Gasteiger partial charge in [0.2, 0.25) is 0 Å². The molecular weight excluding hydrogens is 290 g/mol. The summed E-state index contributed by atoms with van der Waals surface area (Å²) in [4.78, 5) is 24.6. The molecule has 128 valence electrons. The fraction of sp³-hybridized carbons (Fsp3) is 0.556. The van der Waals surface area contributed by atoms with Crippen molar-refractivity contribution in [2.45, 2.75) is 45.7 Å². The second kappa shape index (κ2) is 10.0. The van der Waals surface area contributed by atoms with Gasteiger partial charge in [-0.3, -0.25) is 9.59 Å². The number of aryl methyl sites for hydroxylation is 1. The van der Waals surface area contributed by atoms with Crippen molar-refractivity contribution in [3.8, 4) is 0 Å². The molecule has 0 bridgehead atoms. The van der Waals surface area contributed by atoms with E-state index < -0.39 is 0 Å². The Morgan fingerprint density at radius 1 is 1.00 bits per heavy atom. The monoisotopic (exact) mass is 320 g/mol. The van der Waals surface area contributed by atoms with E-state index >= 15 is 0 Å². The zero-order chi connectivity index (χ0) is 17.2. The van der Waals surface area contributed by atoms with Crippen LogP contribution in [0.3, 0.4) is 0 Å². The summed E-state index contributed by atoms with van der Waals surface area (Å²) < 4.78 is 0. The normalized spacial score (nSPS) is 13.4. The van der Waals surface area contributed by atoms with Crippen molar-refractivity contribution < 1.29 is 14.5 Å². The number of benzene rings is 1. The highest BCUT2D eigenvalue weighted by molar-refractivity contribution is 5.79. The van der Waals surface area contributed by atoms with Gasteiger partial charge in [0.15, 0.2) is 13.1 Å². The summed E-state index contributed by atoms with van der Waals surface area (Å²) >= 11 is 0. The average molecular weight is 320 g/mol. The van der Waals surface area contributed by atoms with Gasteiger partial charge in [-0.05, 0) is 39.2 Å². The smallest absolute Gasteiger partial charge is 0.275 e. The van der Waals surface area contributed by atoms with E-state index in [1.54, 1.807) is 0 Å². The molecule has 1 aromatic rings. The Balaban J connectivity index is 2.25. The first-order valence-corrected chi connectivity index (χ1v) is 8.30. The maximum Gasteiger partial charge on any atom is 0.275 e. The Labute approximate surface area is 139 Å². The highest BCUT2D eigenvalue weighted by Crippen LogP contribution is 2.04. The van der Waals surface area contributed by atoms with Crippen LogP contribution in [0.25, 0.3) is 0 Å². The van der Waals surface area contributed by atoms with Crippen LogP contribution in [0, 0.1) is 0 Å². The lowest BCUT2D eigenvalue weighted by molar-refractivity contribution is -0.862. The third kappa shape index (κ3) is 8.98. The van der Waals surface area contributed by atoms with E-state index in [-0.39, 0.29) is 23.9 Å². The lowest BCUT2D eigenvalue weighted by Gasteiger charge is -2.17. The molecule has 2 atom stereocenters. The number of hydrogen-bond acceptors (Lipinski definition) is 2. The second-order valence-electron chi connectivity index (χ2n) is 6.53. The molecule has 0 saturated carbocycles. The molecule has 23 heavy (non-hydrogen) atoms. The molecule has 0 aliphatic heterocycles. The minimum absolute atomic E-state index is 0.0135. The molecule has 1 aromatic carbocycles. The molecule has 0 radical (unpaired) electrons. The van der Waals surface area contributed by atoms with E-state index in [2.05, 4.69) is 22.8 Å². The Kier molecular flexibility index (Phi) is 8.33. The van der Waals surface area contributed by atoms with E-state index in [9.17, 15) is 9.59 Å². The van der Waals surface area contributed by atoms with Gasteiger partial charge < -0.3 is 15.5 Å². The summed E-state index contributed by atoms with van der Waals surface area (Å²) in [5.74, 6) is -0.0390. The molecule has 2 amide bonds. The van der Waals surface area contributed by atoms with Crippen molar-refractivity contribution in [1.29, 1.82) is 0 Å². The van der Waals surface area contributed by atoms with E-state index in [0.29, 0.717) is 13.1 Å². The highest BCUT2D eigenvalue weighted by Gasteiger charge is 2.16. The van der Waals surface area contributed by atoms with Crippen molar-refractivity contribution in [3.05, 3.63) is 35.9 Å². The van der Waals surface area contributed by atoms with Crippen LogP contribution in [-0.4, -0.2) is 44.0 Å². The van der Waals surface area contributed by atoms with Crippen LogP contribution in [0.15, 0.2) is 30.3 Å². The van der Waals surface area contributed by atoms with Crippen molar-refractivity contribution in [2.75, 3.05) is 20.1 Å². The number of amides is 2. The minimum Gasteiger partial charge on any atom is -0.349 e. The van der Waals surface area contributed by atoms with Crippen LogP contribution in [0.1, 0.15) is 32.8 Å². The molecule has 5 heteroatoms. The van der Waals surface area contributed by atoms with Crippen molar-refractivity contribution >= 4 is 11.8 Å². The molecule has 0 saturated heterocycles. The van der Waals surface area contributed by atoms with Crippen molar-refractivity contribution in [2.24, 2.45) is 0 Å². The number of hydrogen-bond donors (Lipinski definition) is 3. The largest absolute Gasteiger partial charge is 0.349 e. The van der Waals surface area contributed by atoms with E-state index in [0.717, 1.165) is 17.7 Å². The Hall–Kier alpha value is -1.88. The lowest BCUT2D eigenvalue weighted by Crippen LogP contribution is -3.11. The van der Waals surface area contributed by atoms with Crippen LogP contribution in [0.5, 0.6) is 0 Å². The zero-order valence-electron chi connectivity index (χ0n) is 14.7. The van der Waals surface area contributed by atoms with E-state index in [1.165, 1.54) is 5.56 Å². The summed E-state index contributed by atoms with van der Waals surface area (Å²) in [5, 5.41) is 5.84. The number of quaternary nitrogens is 1. The van der Waals surface area contributed by atoms with Gasteiger partial charge in [-0.1, -0.05) is 30.3 Å². The molecule has 3 N–H and O–H groups in total. The average Bonchev–Trinajstić information content (AvgIpc) is 2.44. The molecule has 1 unspecified atom stereocenters. The maximum absolute atomic E-state index is 12.0. The van der Waals surface area contributed by atoms with Gasteiger partial charge in [0.25, 0.3) is 11.8 Å². The summed E-state index contributed by atoms with van der Waals surface area (Å²) in [7, 11) is 1.86. The Bertz CT molecular complexity index is 488.